The van der Waals surface area contributed by atoms with Gasteiger partial charge in [0.1, 0.15) is 12.0 Å². The molecule has 1 unspecified atom stereocenters. The summed E-state index contributed by atoms with van der Waals surface area (Å²) in [5.74, 6) is -2.58. The molecule has 1 spiro atoms. The van der Waals surface area contributed by atoms with E-state index in [0.717, 1.165) is 0 Å². The number of allylic oxidation sites excluding steroid dienone is 2. The molecule has 0 aromatic heterocycles. The summed E-state index contributed by atoms with van der Waals surface area (Å²) in [5.41, 5.74) is -0.520. The Morgan fingerprint density at radius 3 is 2.91 bits per heavy atom. The van der Waals surface area contributed by atoms with Gasteiger partial charge in [0.2, 0.25) is 0 Å². The third-order valence-electron chi connectivity index (χ3n) is 5.06. The minimum absolute atomic E-state index is 0.366. The number of aliphatic hydroxyl groups is 1. The van der Waals surface area contributed by atoms with E-state index in [1.807, 2.05) is 0 Å². The van der Waals surface area contributed by atoms with Gasteiger partial charge in [-0.05, 0) is 13.0 Å². The van der Waals surface area contributed by atoms with Crippen LogP contribution in [-0.4, -0.2) is 48.4 Å². The van der Waals surface area contributed by atoms with Crippen molar-refractivity contribution >= 4 is 11.9 Å². The van der Waals surface area contributed by atoms with E-state index in [2.05, 4.69) is 0 Å². The fourth-order valence-corrected chi connectivity index (χ4v) is 4.12. The second-order valence-electron chi connectivity index (χ2n) is 5.91. The molecule has 0 radical (unpaired) electrons. The summed E-state index contributed by atoms with van der Waals surface area (Å²) < 4.78 is 21.6. The molecular formula is C15H16O7. The molecule has 4 rings (SSSR count). The summed E-state index contributed by atoms with van der Waals surface area (Å²) in [6.45, 7) is 1.74. The van der Waals surface area contributed by atoms with Crippen LogP contribution in [0.3, 0.4) is 0 Å². The predicted molar refractivity (Wildman–Crippen MR) is 70.0 cm³/mol. The quantitative estimate of drug-likeness (QED) is 0.410. The minimum atomic E-state index is -1.32. The molecule has 4 aliphatic rings. The molecule has 7 atom stereocenters. The number of carbonyl (C=O) groups is 2. The zero-order chi connectivity index (χ0) is 15.6. The Hall–Kier alpha value is -1.70. The van der Waals surface area contributed by atoms with Crippen LogP contribution in [-0.2, 0) is 28.5 Å². The first-order chi connectivity index (χ1) is 10.5. The van der Waals surface area contributed by atoms with Crippen molar-refractivity contribution in [1.82, 2.24) is 0 Å². The molecule has 3 saturated heterocycles. The Balaban J connectivity index is 1.76. The predicted octanol–water partition coefficient (Wildman–Crippen LogP) is -0.107. The van der Waals surface area contributed by atoms with Gasteiger partial charge < -0.3 is 24.1 Å². The minimum Gasteiger partial charge on any atom is -0.469 e. The summed E-state index contributed by atoms with van der Waals surface area (Å²) in [5, 5.41) is 10.1. The van der Waals surface area contributed by atoms with E-state index in [-0.39, 0.29) is 11.8 Å². The number of rotatable bonds is 1. The molecule has 0 saturated carbocycles. The Kier molecular flexibility index (Phi) is 2.79. The van der Waals surface area contributed by atoms with E-state index in [1.54, 1.807) is 25.2 Å². The second kappa shape index (κ2) is 4.41. The van der Waals surface area contributed by atoms with Crippen molar-refractivity contribution in [3.05, 3.63) is 23.8 Å². The molecular weight excluding hydrogens is 292 g/mol. The number of esters is 2. The molecule has 0 amide bonds. The Bertz CT molecular complexity index is 609. The summed E-state index contributed by atoms with van der Waals surface area (Å²) in [6, 6.07) is 0. The maximum Gasteiger partial charge on any atom is 0.337 e. The van der Waals surface area contributed by atoms with Gasteiger partial charge in [-0.3, -0.25) is 4.79 Å². The first-order valence-corrected chi connectivity index (χ1v) is 7.19. The van der Waals surface area contributed by atoms with Gasteiger partial charge in [0.15, 0.2) is 18.2 Å². The van der Waals surface area contributed by atoms with Crippen LogP contribution in [0.5, 0.6) is 0 Å². The number of ether oxygens (including phenoxy) is 4. The van der Waals surface area contributed by atoms with Crippen molar-refractivity contribution in [2.75, 3.05) is 7.11 Å². The van der Waals surface area contributed by atoms with E-state index in [1.165, 1.54) is 7.11 Å². The molecule has 1 aliphatic carbocycles. The van der Waals surface area contributed by atoms with Gasteiger partial charge in [-0.2, -0.15) is 0 Å². The number of methoxy groups -OCH3 is 1. The molecule has 1 N–H and O–H groups in total. The molecule has 0 aromatic carbocycles. The van der Waals surface area contributed by atoms with E-state index in [4.69, 9.17) is 18.9 Å². The largest absolute Gasteiger partial charge is 0.469 e. The normalized spacial score (nSPS) is 50.0. The fraction of sp³-hybridized carbons (Fsp3) is 0.600. The van der Waals surface area contributed by atoms with Gasteiger partial charge >= 0.3 is 11.9 Å². The third-order valence-corrected chi connectivity index (χ3v) is 5.06. The highest BCUT2D eigenvalue weighted by Gasteiger charge is 2.72. The highest BCUT2D eigenvalue weighted by atomic mass is 16.8. The number of aliphatic hydroxyl groups excluding tert-OH is 1. The van der Waals surface area contributed by atoms with E-state index in [0.29, 0.717) is 5.57 Å². The molecule has 3 heterocycles. The van der Waals surface area contributed by atoms with Crippen molar-refractivity contribution in [2.24, 2.45) is 17.8 Å². The Morgan fingerprint density at radius 2 is 2.23 bits per heavy atom. The van der Waals surface area contributed by atoms with Crippen LogP contribution in [0.1, 0.15) is 6.92 Å². The monoisotopic (exact) mass is 308 g/mol. The standard InChI is InChI=1S/C15H16O7/c1-3-6-10-15(22-11(6)16)5-4-7-8(12(17)19-2)13(18)21-14(20-10)9(7)15/h3-5,7-10,13-14,18H,1-2H3/b6-3+/t7-,8+,9+,10+,13-,14-,15?/m0/s1. The lowest BCUT2D eigenvalue weighted by Gasteiger charge is -2.39. The average molecular weight is 308 g/mol. The van der Waals surface area contributed by atoms with Crippen LogP contribution in [0.2, 0.25) is 0 Å². The lowest BCUT2D eigenvalue weighted by molar-refractivity contribution is -0.284. The molecule has 7 heteroatoms. The van der Waals surface area contributed by atoms with Gasteiger partial charge in [-0.1, -0.05) is 12.2 Å². The van der Waals surface area contributed by atoms with Crippen molar-refractivity contribution in [2.45, 2.75) is 31.2 Å². The second-order valence-corrected chi connectivity index (χ2v) is 5.91. The maximum absolute atomic E-state index is 12.0. The van der Waals surface area contributed by atoms with E-state index < -0.39 is 42.1 Å². The van der Waals surface area contributed by atoms with Gasteiger partial charge in [-0.25, -0.2) is 4.79 Å². The van der Waals surface area contributed by atoms with Crippen LogP contribution >= 0.6 is 0 Å². The highest BCUT2D eigenvalue weighted by Crippen LogP contribution is 2.59. The van der Waals surface area contributed by atoms with Crippen molar-refractivity contribution < 1.29 is 33.6 Å². The lowest BCUT2D eigenvalue weighted by atomic mass is 9.75. The smallest absolute Gasteiger partial charge is 0.337 e. The fourth-order valence-electron chi connectivity index (χ4n) is 4.12. The number of hydrogen-bond acceptors (Lipinski definition) is 7. The van der Waals surface area contributed by atoms with Gasteiger partial charge in [0, 0.05) is 5.92 Å². The molecule has 0 bridgehead atoms. The maximum atomic E-state index is 12.0. The average Bonchev–Trinajstić information content (AvgIpc) is 3.07. The van der Waals surface area contributed by atoms with Crippen LogP contribution in [0.4, 0.5) is 0 Å². The zero-order valence-electron chi connectivity index (χ0n) is 12.1. The van der Waals surface area contributed by atoms with E-state index >= 15 is 0 Å². The van der Waals surface area contributed by atoms with Crippen molar-refractivity contribution in [3.8, 4) is 0 Å². The van der Waals surface area contributed by atoms with Crippen LogP contribution < -0.4 is 0 Å². The summed E-state index contributed by atoms with van der Waals surface area (Å²) >= 11 is 0. The van der Waals surface area contributed by atoms with Crippen LogP contribution in [0.15, 0.2) is 23.8 Å². The molecule has 3 fully saturated rings. The molecule has 3 aliphatic heterocycles. The SMILES string of the molecule is C/C=C1/C(=O)OC23C=C[C@H]4[C@H](C(=O)OC)[C@@H](O)O[C@H](O[C@H]12)[C@@H]43. The topological polar surface area (TPSA) is 91.3 Å². The summed E-state index contributed by atoms with van der Waals surface area (Å²) in [6.07, 6.45) is 2.59. The first kappa shape index (κ1) is 13.9. The van der Waals surface area contributed by atoms with E-state index in [9.17, 15) is 14.7 Å². The highest BCUT2D eigenvalue weighted by molar-refractivity contribution is 5.93. The first-order valence-electron chi connectivity index (χ1n) is 7.19. The molecule has 22 heavy (non-hydrogen) atoms. The van der Waals surface area contributed by atoms with Gasteiger partial charge in [-0.15, -0.1) is 0 Å². The summed E-state index contributed by atoms with van der Waals surface area (Å²) in [7, 11) is 1.26. The molecule has 118 valence electrons. The van der Waals surface area contributed by atoms with Crippen molar-refractivity contribution in [1.29, 1.82) is 0 Å². The molecule has 7 nitrogen and oxygen atoms in total. The summed E-state index contributed by atoms with van der Waals surface area (Å²) in [4.78, 5) is 24.0. The third kappa shape index (κ3) is 1.46. The number of hydrogen-bond donors (Lipinski definition) is 1. The molecule has 0 aromatic rings. The lowest BCUT2D eigenvalue weighted by Crippen LogP contribution is -2.52. The number of carbonyl (C=O) groups excluding carboxylic acids is 2. The van der Waals surface area contributed by atoms with Gasteiger partial charge in [0.25, 0.3) is 0 Å². The van der Waals surface area contributed by atoms with Crippen LogP contribution in [0, 0.1) is 17.8 Å². The Morgan fingerprint density at radius 1 is 1.45 bits per heavy atom. The van der Waals surface area contributed by atoms with Gasteiger partial charge in [0.05, 0.1) is 18.6 Å². The van der Waals surface area contributed by atoms with Crippen molar-refractivity contribution in [3.63, 3.8) is 0 Å². The van der Waals surface area contributed by atoms with Crippen LogP contribution in [0.25, 0.3) is 0 Å². The Labute approximate surface area is 126 Å². The zero-order valence-corrected chi connectivity index (χ0v) is 12.1.